The van der Waals surface area contributed by atoms with E-state index in [0.717, 1.165) is 12.0 Å². The topological polar surface area (TPSA) is 79.3 Å². The first-order valence-corrected chi connectivity index (χ1v) is 7.46. The van der Waals surface area contributed by atoms with Gasteiger partial charge in [0.05, 0.1) is 17.9 Å². The fourth-order valence-electron chi connectivity index (χ4n) is 3.09. The van der Waals surface area contributed by atoms with Crippen molar-refractivity contribution in [3.05, 3.63) is 30.1 Å². The predicted molar refractivity (Wildman–Crippen MR) is 78.4 cm³/mol. The van der Waals surface area contributed by atoms with E-state index in [0.29, 0.717) is 18.8 Å². The van der Waals surface area contributed by atoms with Gasteiger partial charge in [-0.25, -0.2) is 0 Å². The molecule has 5 nitrogen and oxygen atoms in total. The van der Waals surface area contributed by atoms with Gasteiger partial charge in [0.15, 0.2) is 0 Å². The van der Waals surface area contributed by atoms with Crippen LogP contribution in [0.1, 0.15) is 44.7 Å². The number of carboxylic acid groups (broad SMARTS) is 1. The Morgan fingerprint density at radius 2 is 1.95 bits per heavy atom. The number of nitrogens with one attached hydrogen (secondary N) is 1. The molecule has 1 heterocycles. The van der Waals surface area contributed by atoms with Crippen molar-refractivity contribution in [1.82, 2.24) is 10.3 Å². The highest BCUT2D eigenvalue weighted by atomic mass is 16.4. The lowest BCUT2D eigenvalue weighted by Gasteiger charge is -2.20. The number of hydrogen-bond donors (Lipinski definition) is 2. The number of amides is 1. The van der Waals surface area contributed by atoms with E-state index >= 15 is 0 Å². The lowest BCUT2D eigenvalue weighted by atomic mass is 9.95. The van der Waals surface area contributed by atoms with E-state index in [1.807, 2.05) is 26.0 Å². The van der Waals surface area contributed by atoms with Gasteiger partial charge in [-0.1, -0.05) is 13.3 Å². The minimum atomic E-state index is -0.859. The second-order valence-electron chi connectivity index (χ2n) is 5.81. The normalized spacial score (nSPS) is 26.3. The first kappa shape index (κ1) is 15.5. The number of carbonyl (C=O) groups excluding carboxylic acids is 1. The Morgan fingerprint density at radius 3 is 2.52 bits per heavy atom. The Balaban J connectivity index is 2.03. The average Bonchev–Trinajstić information content (AvgIpc) is 2.92. The van der Waals surface area contributed by atoms with Crippen molar-refractivity contribution in [3.8, 4) is 0 Å². The Hall–Kier alpha value is -1.91. The highest BCUT2D eigenvalue weighted by molar-refractivity contribution is 5.85. The van der Waals surface area contributed by atoms with Crippen LogP contribution < -0.4 is 5.32 Å². The van der Waals surface area contributed by atoms with Crippen LogP contribution in [0.4, 0.5) is 0 Å². The second kappa shape index (κ2) is 6.70. The fraction of sp³-hybridized carbons (Fsp3) is 0.562. The highest BCUT2D eigenvalue weighted by Crippen LogP contribution is 2.38. The summed E-state index contributed by atoms with van der Waals surface area (Å²) in [4.78, 5) is 27.7. The largest absolute Gasteiger partial charge is 0.481 e. The average molecular weight is 290 g/mol. The van der Waals surface area contributed by atoms with Crippen molar-refractivity contribution in [2.75, 3.05) is 0 Å². The smallest absolute Gasteiger partial charge is 0.307 e. The van der Waals surface area contributed by atoms with E-state index in [9.17, 15) is 14.7 Å². The van der Waals surface area contributed by atoms with E-state index in [1.165, 1.54) is 0 Å². The lowest BCUT2D eigenvalue weighted by Crippen LogP contribution is -2.36. The molecule has 21 heavy (non-hydrogen) atoms. The molecule has 3 unspecified atom stereocenters. The Bertz CT molecular complexity index is 504. The van der Waals surface area contributed by atoms with Gasteiger partial charge in [-0.3, -0.25) is 14.6 Å². The van der Waals surface area contributed by atoms with Gasteiger partial charge < -0.3 is 10.4 Å². The van der Waals surface area contributed by atoms with Crippen LogP contribution >= 0.6 is 0 Å². The van der Waals surface area contributed by atoms with E-state index in [1.54, 1.807) is 12.4 Å². The molecule has 1 aromatic heterocycles. The molecule has 0 spiro atoms. The maximum Gasteiger partial charge on any atom is 0.307 e. The molecule has 1 amide bonds. The maximum atomic E-state index is 12.4. The molecule has 0 aliphatic heterocycles. The van der Waals surface area contributed by atoms with Crippen molar-refractivity contribution in [1.29, 1.82) is 0 Å². The molecular formula is C16H22N2O3. The van der Waals surface area contributed by atoms with Crippen molar-refractivity contribution in [2.24, 2.45) is 17.8 Å². The number of aromatic nitrogens is 1. The monoisotopic (exact) mass is 290 g/mol. The zero-order valence-corrected chi connectivity index (χ0v) is 12.5. The summed E-state index contributed by atoms with van der Waals surface area (Å²) in [6.07, 6.45) is 5.56. The summed E-state index contributed by atoms with van der Waals surface area (Å²) in [5.74, 6) is -1.65. The van der Waals surface area contributed by atoms with Gasteiger partial charge in [-0.15, -0.1) is 0 Å². The molecule has 1 fully saturated rings. The van der Waals surface area contributed by atoms with E-state index in [2.05, 4.69) is 10.3 Å². The summed E-state index contributed by atoms with van der Waals surface area (Å²) < 4.78 is 0. The molecular weight excluding hydrogens is 268 g/mol. The third kappa shape index (κ3) is 3.60. The third-order valence-electron chi connectivity index (χ3n) is 4.46. The molecule has 114 valence electrons. The first-order valence-electron chi connectivity index (χ1n) is 7.46. The molecule has 0 radical (unpaired) electrons. The quantitative estimate of drug-likeness (QED) is 0.872. The SMILES string of the molecule is CCC1CC(C(=O)O)C(C(=O)N[C@@H](C)c2ccncc2)C1. The first-order chi connectivity index (χ1) is 10.0. The van der Waals surface area contributed by atoms with E-state index < -0.39 is 17.8 Å². The van der Waals surface area contributed by atoms with Gasteiger partial charge in [-0.05, 0) is 43.4 Å². The van der Waals surface area contributed by atoms with Crippen LogP contribution in [0.25, 0.3) is 0 Å². The predicted octanol–water partition coefficient (Wildman–Crippen LogP) is 2.40. The molecule has 0 saturated heterocycles. The number of carboxylic acids is 1. The molecule has 1 aliphatic carbocycles. The molecule has 2 N–H and O–H groups in total. The van der Waals surface area contributed by atoms with Gasteiger partial charge >= 0.3 is 5.97 Å². The standard InChI is InChI=1S/C16H22N2O3/c1-3-11-8-13(14(9-11)16(20)21)15(19)18-10(2)12-4-6-17-7-5-12/h4-7,10-11,13-14H,3,8-9H2,1-2H3,(H,18,19)(H,20,21)/t10-,11?,13?,14?/m0/s1. The summed E-state index contributed by atoms with van der Waals surface area (Å²) in [5, 5.41) is 12.2. The molecule has 0 bridgehead atoms. The molecule has 1 aliphatic rings. The van der Waals surface area contributed by atoms with Crippen LogP contribution in [0.5, 0.6) is 0 Å². The summed E-state index contributed by atoms with van der Waals surface area (Å²) in [7, 11) is 0. The van der Waals surface area contributed by atoms with Crippen LogP contribution in [-0.2, 0) is 9.59 Å². The molecule has 1 aromatic rings. The highest BCUT2D eigenvalue weighted by Gasteiger charge is 2.42. The Morgan fingerprint density at radius 1 is 1.33 bits per heavy atom. The minimum Gasteiger partial charge on any atom is -0.481 e. The van der Waals surface area contributed by atoms with Crippen LogP contribution in [-0.4, -0.2) is 22.0 Å². The second-order valence-corrected chi connectivity index (χ2v) is 5.81. The number of rotatable bonds is 5. The molecule has 2 rings (SSSR count). The summed E-state index contributed by atoms with van der Waals surface area (Å²) in [6.45, 7) is 3.94. The van der Waals surface area contributed by atoms with Crippen molar-refractivity contribution >= 4 is 11.9 Å². The third-order valence-corrected chi connectivity index (χ3v) is 4.46. The summed E-state index contributed by atoms with van der Waals surface area (Å²) >= 11 is 0. The van der Waals surface area contributed by atoms with Gasteiger partial charge in [0.25, 0.3) is 0 Å². The van der Waals surface area contributed by atoms with Gasteiger partial charge in [0.2, 0.25) is 5.91 Å². The number of pyridine rings is 1. The van der Waals surface area contributed by atoms with Crippen molar-refractivity contribution in [3.63, 3.8) is 0 Å². The van der Waals surface area contributed by atoms with Crippen molar-refractivity contribution < 1.29 is 14.7 Å². The Kier molecular flexibility index (Phi) is 4.94. The maximum absolute atomic E-state index is 12.4. The number of carbonyl (C=O) groups is 2. The van der Waals surface area contributed by atoms with Crippen LogP contribution in [0.3, 0.4) is 0 Å². The summed E-state index contributed by atoms with van der Waals surface area (Å²) in [6, 6.07) is 3.56. The minimum absolute atomic E-state index is 0.143. The number of nitrogens with zero attached hydrogens (tertiary/aromatic N) is 1. The van der Waals surface area contributed by atoms with E-state index in [-0.39, 0.29) is 11.9 Å². The summed E-state index contributed by atoms with van der Waals surface area (Å²) in [5.41, 5.74) is 0.968. The van der Waals surface area contributed by atoms with Gasteiger partial charge in [0, 0.05) is 12.4 Å². The number of aliphatic carboxylic acids is 1. The molecule has 0 aromatic carbocycles. The molecule has 1 saturated carbocycles. The van der Waals surface area contributed by atoms with Crippen LogP contribution in [0, 0.1) is 17.8 Å². The molecule has 5 heteroatoms. The van der Waals surface area contributed by atoms with Gasteiger partial charge in [0.1, 0.15) is 0 Å². The lowest BCUT2D eigenvalue weighted by molar-refractivity contribution is -0.146. The zero-order chi connectivity index (χ0) is 15.4. The Labute approximate surface area is 124 Å². The molecule has 4 atom stereocenters. The van der Waals surface area contributed by atoms with Crippen LogP contribution in [0.2, 0.25) is 0 Å². The zero-order valence-electron chi connectivity index (χ0n) is 12.5. The van der Waals surface area contributed by atoms with E-state index in [4.69, 9.17) is 0 Å². The van der Waals surface area contributed by atoms with Crippen molar-refractivity contribution in [2.45, 2.75) is 39.2 Å². The number of hydrogen-bond acceptors (Lipinski definition) is 3. The van der Waals surface area contributed by atoms with Gasteiger partial charge in [-0.2, -0.15) is 0 Å². The van der Waals surface area contributed by atoms with Crippen LogP contribution in [0.15, 0.2) is 24.5 Å². The fourth-order valence-corrected chi connectivity index (χ4v) is 3.09.